The molecule has 0 aliphatic carbocycles. The first-order valence-corrected chi connectivity index (χ1v) is 6.32. The van der Waals surface area contributed by atoms with Gasteiger partial charge in [0.15, 0.2) is 11.6 Å². The Kier molecular flexibility index (Phi) is 4.38. The quantitative estimate of drug-likeness (QED) is 0.534. The Morgan fingerprint density at radius 3 is 2.37 bits per heavy atom. The molecule has 2 aromatic rings. The van der Waals surface area contributed by atoms with Gasteiger partial charge >= 0.3 is 0 Å². The molecule has 100 valence electrons. The van der Waals surface area contributed by atoms with E-state index in [0.717, 1.165) is 12.1 Å². The Morgan fingerprint density at radius 2 is 1.68 bits per heavy atom. The summed E-state index contributed by atoms with van der Waals surface area (Å²) >= 11 is 12.0. The molecule has 5 heteroatoms. The van der Waals surface area contributed by atoms with Crippen LogP contribution in [0.15, 0.2) is 36.4 Å². The summed E-state index contributed by atoms with van der Waals surface area (Å²) in [6, 6.07) is 7.76. The maximum absolute atomic E-state index is 13.2. The van der Waals surface area contributed by atoms with E-state index in [9.17, 15) is 13.2 Å². The van der Waals surface area contributed by atoms with Gasteiger partial charge in [0.25, 0.3) is 0 Å². The second kappa shape index (κ2) is 5.85. The van der Waals surface area contributed by atoms with Gasteiger partial charge in [0.05, 0.1) is 5.38 Å². The number of benzene rings is 2. The van der Waals surface area contributed by atoms with E-state index in [1.54, 1.807) is 12.1 Å². The molecule has 2 rings (SSSR count). The third-order valence-corrected chi connectivity index (χ3v) is 3.40. The topological polar surface area (TPSA) is 0 Å². The van der Waals surface area contributed by atoms with Gasteiger partial charge in [-0.1, -0.05) is 23.7 Å². The standard InChI is InChI=1S/C14H9Cl2F3/c15-11(5-8-2-1-3-9(17)4-8)10-6-13(18)14(19)7-12(10)16/h1-4,6-7,11H,5H2. The van der Waals surface area contributed by atoms with Crippen LogP contribution in [0.2, 0.25) is 5.02 Å². The third-order valence-electron chi connectivity index (χ3n) is 2.68. The van der Waals surface area contributed by atoms with Crippen molar-refractivity contribution in [2.24, 2.45) is 0 Å². The maximum atomic E-state index is 13.2. The van der Waals surface area contributed by atoms with Gasteiger partial charge in [-0.3, -0.25) is 0 Å². The highest BCUT2D eigenvalue weighted by Crippen LogP contribution is 2.32. The predicted molar refractivity (Wildman–Crippen MR) is 70.1 cm³/mol. The first kappa shape index (κ1) is 14.2. The highest BCUT2D eigenvalue weighted by atomic mass is 35.5. The van der Waals surface area contributed by atoms with E-state index in [-0.39, 0.29) is 22.8 Å². The van der Waals surface area contributed by atoms with E-state index in [0.29, 0.717) is 5.56 Å². The fourth-order valence-electron chi connectivity index (χ4n) is 1.76. The van der Waals surface area contributed by atoms with Gasteiger partial charge < -0.3 is 0 Å². The molecule has 0 radical (unpaired) electrons. The Balaban J connectivity index is 2.25. The second-order valence-electron chi connectivity index (χ2n) is 4.09. The van der Waals surface area contributed by atoms with Crippen molar-refractivity contribution >= 4 is 23.2 Å². The Bertz CT molecular complexity index is 599. The minimum Gasteiger partial charge on any atom is -0.207 e. The van der Waals surface area contributed by atoms with Crippen LogP contribution in [0, 0.1) is 17.5 Å². The predicted octanol–water partition coefficient (Wildman–Crippen LogP) is 5.28. The van der Waals surface area contributed by atoms with Gasteiger partial charge in [0, 0.05) is 5.02 Å². The summed E-state index contributed by atoms with van der Waals surface area (Å²) in [7, 11) is 0. The Morgan fingerprint density at radius 1 is 1.00 bits per heavy atom. The molecule has 1 atom stereocenters. The number of rotatable bonds is 3. The maximum Gasteiger partial charge on any atom is 0.160 e. The highest BCUT2D eigenvalue weighted by molar-refractivity contribution is 6.32. The van der Waals surface area contributed by atoms with Crippen molar-refractivity contribution in [1.82, 2.24) is 0 Å². The number of alkyl halides is 1. The van der Waals surface area contributed by atoms with Crippen LogP contribution in [0.5, 0.6) is 0 Å². The molecule has 0 aliphatic heterocycles. The van der Waals surface area contributed by atoms with E-state index in [1.165, 1.54) is 12.1 Å². The molecule has 0 N–H and O–H groups in total. The first-order valence-electron chi connectivity index (χ1n) is 5.50. The molecular formula is C14H9Cl2F3. The third kappa shape index (κ3) is 3.43. The molecule has 0 saturated carbocycles. The van der Waals surface area contributed by atoms with E-state index in [2.05, 4.69) is 0 Å². The van der Waals surface area contributed by atoms with Gasteiger partial charge in [-0.05, 0) is 41.8 Å². The molecule has 0 nitrogen and oxygen atoms in total. The van der Waals surface area contributed by atoms with Gasteiger partial charge in [-0.15, -0.1) is 11.6 Å². The smallest absolute Gasteiger partial charge is 0.160 e. The summed E-state index contributed by atoms with van der Waals surface area (Å²) in [6.07, 6.45) is 0.268. The van der Waals surface area contributed by atoms with Crippen molar-refractivity contribution in [3.63, 3.8) is 0 Å². The second-order valence-corrected chi connectivity index (χ2v) is 5.02. The molecule has 0 fully saturated rings. The van der Waals surface area contributed by atoms with Gasteiger partial charge in [0.2, 0.25) is 0 Å². The molecule has 0 bridgehead atoms. The average Bonchev–Trinajstić information content (AvgIpc) is 2.33. The molecule has 0 saturated heterocycles. The lowest BCUT2D eigenvalue weighted by Crippen LogP contribution is -1.99. The average molecular weight is 305 g/mol. The van der Waals surface area contributed by atoms with Crippen LogP contribution in [0.1, 0.15) is 16.5 Å². The van der Waals surface area contributed by atoms with E-state index < -0.39 is 17.0 Å². The summed E-state index contributed by atoms with van der Waals surface area (Å²) in [5, 5.41) is -0.611. The zero-order chi connectivity index (χ0) is 14.0. The minimum absolute atomic E-state index is 0.0512. The normalized spacial score (nSPS) is 12.5. The van der Waals surface area contributed by atoms with Crippen LogP contribution in [0.25, 0.3) is 0 Å². The van der Waals surface area contributed by atoms with Crippen LogP contribution < -0.4 is 0 Å². The summed E-state index contributed by atoms with van der Waals surface area (Å²) in [5.74, 6) is -2.41. The Labute approximate surface area is 118 Å². The van der Waals surface area contributed by atoms with Gasteiger partial charge in [-0.2, -0.15) is 0 Å². The largest absolute Gasteiger partial charge is 0.207 e. The van der Waals surface area contributed by atoms with Crippen LogP contribution in [-0.2, 0) is 6.42 Å². The zero-order valence-corrected chi connectivity index (χ0v) is 11.2. The molecule has 0 heterocycles. The number of halogens is 5. The lowest BCUT2D eigenvalue weighted by atomic mass is 10.0. The van der Waals surface area contributed by atoms with Crippen LogP contribution in [0.4, 0.5) is 13.2 Å². The van der Waals surface area contributed by atoms with E-state index >= 15 is 0 Å². The van der Waals surface area contributed by atoms with Crippen molar-refractivity contribution in [2.75, 3.05) is 0 Å². The number of hydrogen-bond acceptors (Lipinski definition) is 0. The van der Waals surface area contributed by atoms with E-state index in [4.69, 9.17) is 23.2 Å². The minimum atomic E-state index is -1.02. The van der Waals surface area contributed by atoms with Crippen molar-refractivity contribution < 1.29 is 13.2 Å². The summed E-state index contributed by atoms with van der Waals surface area (Å²) in [5.41, 5.74) is 0.937. The van der Waals surface area contributed by atoms with Crippen molar-refractivity contribution in [2.45, 2.75) is 11.8 Å². The van der Waals surface area contributed by atoms with Gasteiger partial charge in [-0.25, -0.2) is 13.2 Å². The molecule has 0 amide bonds. The fraction of sp³-hybridized carbons (Fsp3) is 0.143. The molecule has 2 aromatic carbocycles. The Hall–Kier alpha value is -1.19. The summed E-state index contributed by atoms with van der Waals surface area (Å²) < 4.78 is 39.2. The molecule has 0 aliphatic rings. The van der Waals surface area contributed by atoms with Crippen molar-refractivity contribution in [3.05, 3.63) is 70.0 Å². The molecule has 1 unspecified atom stereocenters. The van der Waals surface area contributed by atoms with E-state index in [1.807, 2.05) is 0 Å². The molecule has 0 aromatic heterocycles. The zero-order valence-electron chi connectivity index (χ0n) is 9.64. The fourth-order valence-corrected chi connectivity index (χ4v) is 2.46. The van der Waals surface area contributed by atoms with Gasteiger partial charge in [0.1, 0.15) is 5.82 Å². The first-order chi connectivity index (χ1) is 8.97. The highest BCUT2D eigenvalue weighted by Gasteiger charge is 2.16. The lowest BCUT2D eigenvalue weighted by molar-refractivity contribution is 0.507. The number of hydrogen-bond donors (Lipinski definition) is 0. The van der Waals surface area contributed by atoms with Crippen LogP contribution in [0.3, 0.4) is 0 Å². The monoisotopic (exact) mass is 304 g/mol. The summed E-state index contributed by atoms with van der Waals surface area (Å²) in [6.45, 7) is 0. The molecule has 19 heavy (non-hydrogen) atoms. The van der Waals surface area contributed by atoms with Crippen molar-refractivity contribution in [3.8, 4) is 0 Å². The SMILES string of the molecule is Fc1cccc(CC(Cl)c2cc(F)c(F)cc2Cl)c1. The van der Waals surface area contributed by atoms with Crippen LogP contribution >= 0.6 is 23.2 Å². The molecule has 0 spiro atoms. The molecular weight excluding hydrogens is 296 g/mol. The summed E-state index contributed by atoms with van der Waals surface area (Å²) in [4.78, 5) is 0. The van der Waals surface area contributed by atoms with Crippen molar-refractivity contribution in [1.29, 1.82) is 0 Å². The lowest BCUT2D eigenvalue weighted by Gasteiger charge is -2.12. The van der Waals surface area contributed by atoms with Crippen LogP contribution in [-0.4, -0.2) is 0 Å².